The molecule has 23 heavy (non-hydrogen) atoms. The van der Waals surface area contributed by atoms with Gasteiger partial charge in [-0.3, -0.25) is 4.79 Å². The van der Waals surface area contributed by atoms with Crippen LogP contribution in [-0.4, -0.2) is 25.2 Å². The van der Waals surface area contributed by atoms with Crippen molar-refractivity contribution in [2.24, 2.45) is 11.7 Å². The predicted molar refractivity (Wildman–Crippen MR) is 92.8 cm³/mol. The van der Waals surface area contributed by atoms with E-state index in [1.54, 1.807) is 21.0 Å². The molecule has 1 atom stereocenters. The Kier molecular flexibility index (Phi) is 6.88. The van der Waals surface area contributed by atoms with Gasteiger partial charge >= 0.3 is 0 Å². The zero-order valence-corrected chi connectivity index (χ0v) is 15.1. The van der Waals surface area contributed by atoms with Crippen LogP contribution in [0.4, 0.5) is 0 Å². The molecule has 0 fully saturated rings. The first-order chi connectivity index (χ1) is 10.6. The highest BCUT2D eigenvalue weighted by molar-refractivity contribution is 5.85. The van der Waals surface area contributed by atoms with Gasteiger partial charge in [-0.25, -0.2) is 0 Å². The highest BCUT2D eigenvalue weighted by Gasteiger charge is 2.24. The van der Waals surface area contributed by atoms with E-state index in [2.05, 4.69) is 19.2 Å². The maximum absolute atomic E-state index is 12.0. The number of nitrogens with two attached hydrogens (primary N) is 1. The number of hydrogen-bond acceptors (Lipinski definition) is 4. The Morgan fingerprint density at radius 2 is 1.91 bits per heavy atom. The van der Waals surface area contributed by atoms with Crippen LogP contribution in [-0.2, 0) is 4.79 Å². The zero-order chi connectivity index (χ0) is 17.6. The second kappa shape index (κ2) is 8.20. The van der Waals surface area contributed by atoms with Crippen LogP contribution in [0, 0.1) is 5.92 Å². The van der Waals surface area contributed by atoms with Crippen molar-refractivity contribution in [3.63, 3.8) is 0 Å². The van der Waals surface area contributed by atoms with Gasteiger partial charge in [0.1, 0.15) is 0 Å². The van der Waals surface area contributed by atoms with Gasteiger partial charge < -0.3 is 20.5 Å². The molecule has 0 aromatic heterocycles. The summed E-state index contributed by atoms with van der Waals surface area (Å²) in [5.74, 6) is 1.78. The van der Waals surface area contributed by atoms with Crippen molar-refractivity contribution in [1.29, 1.82) is 0 Å². The van der Waals surface area contributed by atoms with E-state index in [0.29, 0.717) is 18.3 Å². The molecule has 0 aliphatic carbocycles. The van der Waals surface area contributed by atoms with Gasteiger partial charge in [-0.15, -0.1) is 0 Å². The van der Waals surface area contributed by atoms with E-state index in [9.17, 15) is 4.79 Å². The van der Waals surface area contributed by atoms with Gasteiger partial charge in [-0.1, -0.05) is 19.9 Å². The monoisotopic (exact) mass is 322 g/mol. The largest absolute Gasteiger partial charge is 0.493 e. The Morgan fingerprint density at radius 3 is 2.43 bits per heavy atom. The summed E-state index contributed by atoms with van der Waals surface area (Å²) >= 11 is 0. The summed E-state index contributed by atoms with van der Waals surface area (Å²) < 4.78 is 11.2. The van der Waals surface area contributed by atoms with E-state index in [-0.39, 0.29) is 11.9 Å². The second-order valence-corrected chi connectivity index (χ2v) is 6.86. The van der Waals surface area contributed by atoms with Crippen molar-refractivity contribution in [3.8, 4) is 11.5 Å². The fourth-order valence-corrected chi connectivity index (χ4v) is 1.94. The first-order valence-electron chi connectivity index (χ1n) is 8.05. The van der Waals surface area contributed by atoms with E-state index in [1.807, 2.05) is 25.1 Å². The SMILES string of the molecule is COc1cc(C(C)NC(=O)C(C)(C)N)ccc1OCCC(C)C. The summed E-state index contributed by atoms with van der Waals surface area (Å²) in [6.45, 7) is 10.3. The average Bonchev–Trinajstić information content (AvgIpc) is 2.45. The number of rotatable bonds is 8. The first kappa shape index (κ1) is 19.3. The molecule has 0 aliphatic rings. The Bertz CT molecular complexity index is 521. The summed E-state index contributed by atoms with van der Waals surface area (Å²) in [6, 6.07) is 5.54. The fraction of sp³-hybridized carbons (Fsp3) is 0.611. The van der Waals surface area contributed by atoms with E-state index < -0.39 is 5.54 Å². The smallest absolute Gasteiger partial charge is 0.239 e. The summed E-state index contributed by atoms with van der Waals surface area (Å²) in [4.78, 5) is 12.0. The molecule has 0 saturated carbocycles. The van der Waals surface area contributed by atoms with Crippen molar-refractivity contribution >= 4 is 5.91 Å². The van der Waals surface area contributed by atoms with Crippen molar-refractivity contribution in [3.05, 3.63) is 23.8 Å². The molecule has 0 bridgehead atoms. The van der Waals surface area contributed by atoms with Crippen LogP contribution in [0.3, 0.4) is 0 Å². The van der Waals surface area contributed by atoms with Crippen LogP contribution in [0.5, 0.6) is 11.5 Å². The van der Waals surface area contributed by atoms with Crippen LogP contribution >= 0.6 is 0 Å². The van der Waals surface area contributed by atoms with Gasteiger partial charge in [-0.05, 0) is 50.8 Å². The van der Waals surface area contributed by atoms with E-state index >= 15 is 0 Å². The third kappa shape index (κ3) is 6.10. The van der Waals surface area contributed by atoms with Gasteiger partial charge in [0, 0.05) is 0 Å². The maximum Gasteiger partial charge on any atom is 0.239 e. The molecule has 130 valence electrons. The molecule has 1 rings (SSSR count). The molecule has 1 aromatic carbocycles. The third-order valence-electron chi connectivity index (χ3n) is 3.57. The number of benzene rings is 1. The molecule has 5 heteroatoms. The molecule has 1 unspecified atom stereocenters. The van der Waals surface area contributed by atoms with Gasteiger partial charge in [0.05, 0.1) is 25.3 Å². The summed E-state index contributed by atoms with van der Waals surface area (Å²) in [5.41, 5.74) is 5.84. The van der Waals surface area contributed by atoms with Gasteiger partial charge in [0.2, 0.25) is 5.91 Å². The molecule has 5 nitrogen and oxygen atoms in total. The van der Waals surface area contributed by atoms with Crippen LogP contribution in [0.2, 0.25) is 0 Å². The summed E-state index contributed by atoms with van der Waals surface area (Å²) in [6.07, 6.45) is 0.989. The number of amides is 1. The van der Waals surface area contributed by atoms with Gasteiger partial charge in [-0.2, -0.15) is 0 Å². The molecule has 1 amide bonds. The molecule has 0 saturated heterocycles. The van der Waals surface area contributed by atoms with Gasteiger partial charge in [0.25, 0.3) is 0 Å². The van der Waals surface area contributed by atoms with E-state index in [0.717, 1.165) is 17.7 Å². The van der Waals surface area contributed by atoms with Crippen LogP contribution in [0.25, 0.3) is 0 Å². The quantitative estimate of drug-likeness (QED) is 0.771. The lowest BCUT2D eigenvalue weighted by molar-refractivity contribution is -0.125. The standard InChI is InChI=1S/C18H30N2O3/c1-12(2)9-10-23-15-8-7-14(11-16(15)22-6)13(3)20-17(21)18(4,5)19/h7-8,11-13H,9-10,19H2,1-6H3,(H,20,21). The topological polar surface area (TPSA) is 73.6 Å². The molecule has 0 heterocycles. The maximum atomic E-state index is 12.0. The lowest BCUT2D eigenvalue weighted by atomic mass is 10.0. The molecule has 3 N–H and O–H groups in total. The van der Waals surface area contributed by atoms with Crippen molar-refractivity contribution in [1.82, 2.24) is 5.32 Å². The van der Waals surface area contributed by atoms with Crippen molar-refractivity contribution < 1.29 is 14.3 Å². The molecule has 0 aliphatic heterocycles. The van der Waals surface area contributed by atoms with Crippen LogP contribution < -0.4 is 20.5 Å². The minimum absolute atomic E-state index is 0.163. The van der Waals surface area contributed by atoms with Crippen LogP contribution in [0.15, 0.2) is 18.2 Å². The predicted octanol–water partition coefficient (Wildman–Crippen LogP) is 3.03. The highest BCUT2D eigenvalue weighted by atomic mass is 16.5. The number of carbonyl (C=O) groups excluding carboxylic acids is 1. The fourth-order valence-electron chi connectivity index (χ4n) is 1.94. The lowest BCUT2D eigenvalue weighted by Gasteiger charge is -2.22. The second-order valence-electron chi connectivity index (χ2n) is 6.86. The Hall–Kier alpha value is -1.75. The first-order valence-corrected chi connectivity index (χ1v) is 8.05. The number of nitrogens with one attached hydrogen (secondary N) is 1. The van der Waals surface area contributed by atoms with Gasteiger partial charge in [0.15, 0.2) is 11.5 Å². The van der Waals surface area contributed by atoms with Crippen molar-refractivity contribution in [2.75, 3.05) is 13.7 Å². The number of hydrogen-bond donors (Lipinski definition) is 2. The molecule has 0 radical (unpaired) electrons. The Labute approximate surface area is 139 Å². The van der Waals surface area contributed by atoms with Crippen LogP contribution in [0.1, 0.15) is 52.6 Å². The average molecular weight is 322 g/mol. The molecular weight excluding hydrogens is 292 g/mol. The summed E-state index contributed by atoms with van der Waals surface area (Å²) in [5, 5.41) is 2.90. The Morgan fingerprint density at radius 1 is 1.26 bits per heavy atom. The number of ether oxygens (including phenoxy) is 2. The molecule has 0 spiro atoms. The Balaban J connectivity index is 2.80. The molecule has 1 aromatic rings. The van der Waals surface area contributed by atoms with Crippen molar-refractivity contribution in [2.45, 2.75) is 52.6 Å². The minimum atomic E-state index is -0.905. The summed E-state index contributed by atoms with van der Waals surface area (Å²) in [7, 11) is 1.61. The normalized spacial score (nSPS) is 12.9. The van der Waals surface area contributed by atoms with E-state index in [1.165, 1.54) is 0 Å². The third-order valence-corrected chi connectivity index (χ3v) is 3.57. The van der Waals surface area contributed by atoms with E-state index in [4.69, 9.17) is 15.2 Å². The molecular formula is C18H30N2O3. The minimum Gasteiger partial charge on any atom is -0.493 e. The lowest BCUT2D eigenvalue weighted by Crippen LogP contribution is -2.49. The highest BCUT2D eigenvalue weighted by Crippen LogP contribution is 2.30. The zero-order valence-electron chi connectivity index (χ0n) is 15.1. The number of methoxy groups -OCH3 is 1. The number of carbonyl (C=O) groups is 1.